The molecule has 0 saturated carbocycles. The average molecular weight is 439 g/mol. The Hall–Kier alpha value is -3.18. The summed E-state index contributed by atoms with van der Waals surface area (Å²) >= 11 is 1.44. The molecule has 0 fully saturated rings. The second-order valence-electron chi connectivity index (χ2n) is 7.38. The highest BCUT2D eigenvalue weighted by Crippen LogP contribution is 2.46. The average Bonchev–Trinajstić information content (AvgIpc) is 3.15. The van der Waals surface area contributed by atoms with Gasteiger partial charge >= 0.3 is 6.03 Å². The number of Topliss-reactive ketones (excluding diaryl/α,β-unsaturated/α-hetero) is 1. The third-order valence-electron chi connectivity index (χ3n) is 5.66. The molecule has 31 heavy (non-hydrogen) atoms. The highest BCUT2D eigenvalue weighted by molar-refractivity contribution is 7.98. The number of urea groups is 1. The highest BCUT2D eigenvalue weighted by Gasteiger charge is 2.45. The fourth-order valence-corrected chi connectivity index (χ4v) is 4.88. The molecule has 2 aliphatic rings. The van der Waals surface area contributed by atoms with Crippen LogP contribution in [-0.2, 0) is 4.79 Å². The van der Waals surface area contributed by atoms with E-state index in [0.29, 0.717) is 28.9 Å². The number of halogens is 2. The third-order valence-corrected chi connectivity index (χ3v) is 6.45. The first-order chi connectivity index (χ1) is 14.9. The number of thioether (sulfide) groups is 1. The molecule has 5 nitrogen and oxygen atoms in total. The van der Waals surface area contributed by atoms with Crippen molar-refractivity contribution in [3.63, 3.8) is 0 Å². The minimum atomic E-state index is -2.66. The van der Waals surface area contributed by atoms with Crippen molar-refractivity contribution in [3.05, 3.63) is 70.4 Å². The minimum Gasteiger partial charge on any atom is -0.316 e. The monoisotopic (exact) mass is 439 g/mol. The zero-order valence-electron chi connectivity index (χ0n) is 16.9. The van der Waals surface area contributed by atoms with E-state index in [0.717, 1.165) is 10.5 Å². The Kier molecular flexibility index (Phi) is 5.54. The van der Waals surface area contributed by atoms with Gasteiger partial charge in [-0.2, -0.15) is 5.26 Å². The lowest BCUT2D eigenvalue weighted by Gasteiger charge is -2.41. The highest BCUT2D eigenvalue weighted by atomic mass is 32.2. The Morgan fingerprint density at radius 1 is 1.16 bits per heavy atom. The van der Waals surface area contributed by atoms with Crippen molar-refractivity contribution < 1.29 is 18.4 Å². The molecule has 1 aliphatic carbocycles. The number of benzene rings is 2. The Morgan fingerprint density at radius 2 is 1.94 bits per heavy atom. The summed E-state index contributed by atoms with van der Waals surface area (Å²) in [6, 6.07) is 12.0. The molecular weight excluding hydrogens is 420 g/mol. The van der Waals surface area contributed by atoms with E-state index >= 15 is 0 Å². The zero-order chi connectivity index (χ0) is 22.3. The van der Waals surface area contributed by atoms with Crippen LogP contribution in [-0.4, -0.2) is 30.0 Å². The maximum absolute atomic E-state index is 13.4. The molecule has 2 aromatic rings. The molecule has 0 spiro atoms. The van der Waals surface area contributed by atoms with Crippen LogP contribution in [0, 0.1) is 11.3 Å². The van der Waals surface area contributed by atoms with Crippen LogP contribution in [0.5, 0.6) is 0 Å². The van der Waals surface area contributed by atoms with Crippen molar-refractivity contribution in [2.24, 2.45) is 0 Å². The number of rotatable bonds is 4. The van der Waals surface area contributed by atoms with E-state index in [4.69, 9.17) is 0 Å². The van der Waals surface area contributed by atoms with Crippen LogP contribution in [0.4, 0.5) is 19.3 Å². The largest absolute Gasteiger partial charge is 0.329 e. The first kappa shape index (κ1) is 21.1. The Balaban J connectivity index is 1.89. The number of hydrogen-bond acceptors (Lipinski definition) is 4. The standard InChI is InChI=1S/C23H19F2N3O2S/c1-27-21(16-7-6-13(12-26)10-19(16)31-2)20-17(8-9-18(20)29)28(23(27)30)15-5-3-4-14(11-15)22(24)25/h3-7,10-11,21-22H,8-9H2,1-2H3. The molecule has 1 unspecified atom stereocenters. The van der Waals surface area contributed by atoms with Gasteiger partial charge in [0.1, 0.15) is 0 Å². The Labute approximate surface area is 182 Å². The lowest BCUT2D eigenvalue weighted by atomic mass is 9.92. The van der Waals surface area contributed by atoms with Crippen molar-refractivity contribution in [1.82, 2.24) is 4.90 Å². The van der Waals surface area contributed by atoms with Gasteiger partial charge in [0, 0.05) is 35.2 Å². The summed E-state index contributed by atoms with van der Waals surface area (Å²) in [6.07, 6.45) is -0.156. The molecule has 1 atom stereocenters. The molecule has 4 rings (SSSR count). The molecule has 1 heterocycles. The summed E-state index contributed by atoms with van der Waals surface area (Å²) in [6.45, 7) is 0. The molecule has 0 N–H and O–H groups in total. The van der Waals surface area contributed by atoms with Crippen molar-refractivity contribution in [3.8, 4) is 6.07 Å². The smallest absolute Gasteiger partial charge is 0.316 e. The van der Waals surface area contributed by atoms with Crippen molar-refractivity contribution in [2.75, 3.05) is 18.2 Å². The second kappa shape index (κ2) is 8.16. The first-order valence-electron chi connectivity index (χ1n) is 9.66. The molecular formula is C23H19F2N3O2S. The first-order valence-corrected chi connectivity index (χ1v) is 10.9. The molecule has 158 valence electrons. The lowest BCUT2D eigenvalue weighted by Crippen LogP contribution is -2.48. The summed E-state index contributed by atoms with van der Waals surface area (Å²) in [5.41, 5.74) is 2.46. The molecule has 0 bridgehead atoms. The second-order valence-corrected chi connectivity index (χ2v) is 8.23. The predicted octanol–water partition coefficient (Wildman–Crippen LogP) is 5.45. The number of anilines is 1. The summed E-state index contributed by atoms with van der Waals surface area (Å²) in [5.74, 6) is -0.0641. The fourth-order valence-electron chi connectivity index (χ4n) is 4.22. The maximum atomic E-state index is 13.4. The van der Waals surface area contributed by atoms with Gasteiger partial charge in [-0.3, -0.25) is 9.69 Å². The number of alkyl halides is 2. The zero-order valence-corrected chi connectivity index (χ0v) is 17.7. The number of carbonyl (C=O) groups is 2. The van der Waals surface area contributed by atoms with Gasteiger partial charge in [0.15, 0.2) is 5.78 Å². The van der Waals surface area contributed by atoms with Gasteiger partial charge in [-0.15, -0.1) is 11.8 Å². The summed E-state index contributed by atoms with van der Waals surface area (Å²) in [7, 11) is 1.61. The number of nitriles is 1. The van der Waals surface area contributed by atoms with E-state index in [1.165, 1.54) is 39.8 Å². The van der Waals surface area contributed by atoms with Gasteiger partial charge in [0.2, 0.25) is 0 Å². The SMILES string of the molecule is CSc1cc(C#N)ccc1C1C2=C(CCC2=O)N(c2cccc(C(F)F)c2)C(=O)N1C. The molecule has 8 heteroatoms. The van der Waals surface area contributed by atoms with Crippen LogP contribution < -0.4 is 4.90 Å². The normalized spacial score (nSPS) is 18.6. The van der Waals surface area contributed by atoms with E-state index in [9.17, 15) is 23.6 Å². The summed E-state index contributed by atoms with van der Waals surface area (Å²) < 4.78 is 26.5. The maximum Gasteiger partial charge on any atom is 0.329 e. The number of nitrogens with zero attached hydrogens (tertiary/aromatic N) is 3. The predicted molar refractivity (Wildman–Crippen MR) is 114 cm³/mol. The van der Waals surface area contributed by atoms with Gasteiger partial charge in [-0.05, 0) is 42.5 Å². The van der Waals surface area contributed by atoms with E-state index in [1.807, 2.05) is 6.26 Å². The van der Waals surface area contributed by atoms with Gasteiger partial charge in [0.05, 0.1) is 23.4 Å². The van der Waals surface area contributed by atoms with Crippen LogP contribution in [0.1, 0.15) is 42.0 Å². The number of allylic oxidation sites excluding steroid dienone is 1. The van der Waals surface area contributed by atoms with Crippen molar-refractivity contribution in [2.45, 2.75) is 30.2 Å². The molecule has 2 amide bonds. The number of amides is 2. The summed E-state index contributed by atoms with van der Waals surface area (Å²) in [5, 5.41) is 9.22. The molecule has 1 aliphatic heterocycles. The van der Waals surface area contributed by atoms with Crippen LogP contribution in [0.2, 0.25) is 0 Å². The molecule has 0 radical (unpaired) electrons. The van der Waals surface area contributed by atoms with E-state index in [2.05, 4.69) is 6.07 Å². The van der Waals surface area contributed by atoms with Crippen LogP contribution in [0.15, 0.2) is 58.6 Å². The number of carbonyl (C=O) groups excluding carboxylic acids is 2. The molecule has 0 aromatic heterocycles. The molecule has 0 saturated heterocycles. The van der Waals surface area contributed by atoms with Gasteiger partial charge in [-0.25, -0.2) is 13.6 Å². The van der Waals surface area contributed by atoms with Gasteiger partial charge < -0.3 is 4.90 Å². The number of likely N-dealkylation sites (N-methyl/N-ethyl adjacent to an activating group) is 1. The van der Waals surface area contributed by atoms with Crippen LogP contribution in [0.3, 0.4) is 0 Å². The number of ketones is 1. The van der Waals surface area contributed by atoms with E-state index in [1.54, 1.807) is 31.3 Å². The summed E-state index contributed by atoms with van der Waals surface area (Å²) in [4.78, 5) is 30.0. The lowest BCUT2D eigenvalue weighted by molar-refractivity contribution is -0.115. The topological polar surface area (TPSA) is 64.4 Å². The quantitative estimate of drug-likeness (QED) is 0.595. The third kappa shape index (κ3) is 3.49. The fraction of sp³-hybridized carbons (Fsp3) is 0.261. The van der Waals surface area contributed by atoms with E-state index in [-0.39, 0.29) is 23.8 Å². The van der Waals surface area contributed by atoms with Crippen LogP contribution >= 0.6 is 11.8 Å². The molecule has 2 aromatic carbocycles. The van der Waals surface area contributed by atoms with Gasteiger partial charge in [-0.1, -0.05) is 18.2 Å². The Bertz CT molecular complexity index is 1160. The number of hydrogen-bond donors (Lipinski definition) is 0. The minimum absolute atomic E-state index is 0.0641. The van der Waals surface area contributed by atoms with Crippen LogP contribution in [0.25, 0.3) is 0 Å². The van der Waals surface area contributed by atoms with Gasteiger partial charge in [0.25, 0.3) is 6.43 Å². The van der Waals surface area contributed by atoms with Crippen molar-refractivity contribution >= 4 is 29.3 Å². The Morgan fingerprint density at radius 3 is 2.61 bits per heavy atom. The van der Waals surface area contributed by atoms with Crippen molar-refractivity contribution in [1.29, 1.82) is 5.26 Å². The van der Waals surface area contributed by atoms with E-state index < -0.39 is 12.5 Å².